The quantitative estimate of drug-likeness (QED) is 0.279. The first kappa shape index (κ1) is 27.1. The number of likely N-dealkylation sites (N-methyl/N-ethyl adjacent to an activating group) is 1. The molecule has 0 saturated carbocycles. The van der Waals surface area contributed by atoms with Crippen LogP contribution >= 0.6 is 0 Å². The third-order valence-corrected chi connectivity index (χ3v) is 7.13. The van der Waals surface area contributed by atoms with Crippen molar-refractivity contribution in [3.8, 4) is 11.5 Å². The van der Waals surface area contributed by atoms with E-state index in [0.29, 0.717) is 17.1 Å². The molecule has 206 valence electrons. The zero-order chi connectivity index (χ0) is 27.9. The van der Waals surface area contributed by atoms with Crippen molar-refractivity contribution < 1.29 is 14.3 Å². The van der Waals surface area contributed by atoms with Gasteiger partial charge in [-0.1, -0.05) is 25.1 Å². The van der Waals surface area contributed by atoms with E-state index in [0.717, 1.165) is 60.8 Å². The van der Waals surface area contributed by atoms with Gasteiger partial charge in [-0.15, -0.1) is 0 Å². The summed E-state index contributed by atoms with van der Waals surface area (Å²) in [5, 5.41) is 6.76. The van der Waals surface area contributed by atoms with Gasteiger partial charge in [0.2, 0.25) is 11.8 Å². The number of carbonyl (C=O) groups excluding carboxylic acids is 2. The summed E-state index contributed by atoms with van der Waals surface area (Å²) < 4.78 is 5.78. The molecule has 40 heavy (non-hydrogen) atoms. The molecule has 3 aromatic carbocycles. The first-order chi connectivity index (χ1) is 19.5. The average molecular weight is 538 g/mol. The average Bonchev–Trinajstić information content (AvgIpc) is 2.98. The van der Waals surface area contributed by atoms with E-state index in [1.165, 1.54) is 0 Å². The Balaban J connectivity index is 1.12. The summed E-state index contributed by atoms with van der Waals surface area (Å²) in [5.41, 5.74) is 3.37. The second kappa shape index (κ2) is 12.6. The maximum absolute atomic E-state index is 12.6. The van der Waals surface area contributed by atoms with Crippen molar-refractivity contribution in [1.29, 1.82) is 0 Å². The molecular formula is C32H35N5O3. The number of aryl methyl sites for hydroxylation is 1. The number of carbonyl (C=O) groups is 2. The number of piperazine rings is 1. The van der Waals surface area contributed by atoms with Crippen LogP contribution < -0.4 is 20.3 Å². The van der Waals surface area contributed by atoms with Crippen molar-refractivity contribution in [3.63, 3.8) is 0 Å². The molecule has 1 aliphatic heterocycles. The van der Waals surface area contributed by atoms with Crippen LogP contribution in [0.1, 0.15) is 25.3 Å². The van der Waals surface area contributed by atoms with Crippen LogP contribution in [0.5, 0.6) is 11.5 Å². The molecule has 5 rings (SSSR count). The fourth-order valence-electron chi connectivity index (χ4n) is 4.81. The van der Waals surface area contributed by atoms with Gasteiger partial charge in [-0.3, -0.25) is 9.59 Å². The Kier molecular flexibility index (Phi) is 8.56. The molecule has 0 spiro atoms. The Labute approximate surface area is 235 Å². The minimum Gasteiger partial charge on any atom is -0.457 e. The summed E-state index contributed by atoms with van der Waals surface area (Å²) >= 11 is 0. The third-order valence-electron chi connectivity index (χ3n) is 7.13. The van der Waals surface area contributed by atoms with E-state index in [4.69, 9.17) is 9.72 Å². The summed E-state index contributed by atoms with van der Waals surface area (Å²) in [6.07, 6.45) is 0.163. The van der Waals surface area contributed by atoms with Crippen LogP contribution in [-0.4, -0.2) is 54.4 Å². The molecule has 0 atom stereocenters. The van der Waals surface area contributed by atoms with Gasteiger partial charge < -0.3 is 25.2 Å². The van der Waals surface area contributed by atoms with Gasteiger partial charge in [0.1, 0.15) is 17.3 Å². The van der Waals surface area contributed by atoms with E-state index >= 15 is 0 Å². The number of rotatable bonds is 9. The third kappa shape index (κ3) is 6.95. The molecule has 0 bridgehead atoms. The maximum Gasteiger partial charge on any atom is 0.224 e. The van der Waals surface area contributed by atoms with Crippen molar-refractivity contribution in [2.75, 3.05) is 48.3 Å². The van der Waals surface area contributed by atoms with Crippen LogP contribution in [0, 0.1) is 6.92 Å². The van der Waals surface area contributed by atoms with Gasteiger partial charge in [0.05, 0.1) is 5.52 Å². The largest absolute Gasteiger partial charge is 0.457 e. The number of nitrogens with zero attached hydrogens (tertiary/aromatic N) is 3. The van der Waals surface area contributed by atoms with E-state index in [1.54, 1.807) is 24.3 Å². The number of para-hydroxylation sites is 1. The number of hydrogen-bond acceptors (Lipinski definition) is 6. The zero-order valence-electron chi connectivity index (χ0n) is 23.0. The normalized spacial score (nSPS) is 13.7. The standard InChI is InChI=1S/C32H35N5O3/c1-3-36-17-19-37(20-18-36)30-21-23(2)28-22-25(11-14-29(28)35-30)34-32(39)16-15-31(38)33-24-9-12-27(13-10-24)40-26-7-5-4-6-8-26/h4-14,21-22H,3,15-20H2,1-2H3,(H,33,38)(H,34,39). The van der Waals surface area contributed by atoms with Crippen molar-refractivity contribution in [2.45, 2.75) is 26.7 Å². The second-order valence-corrected chi connectivity index (χ2v) is 9.99. The molecule has 1 aromatic heterocycles. The fourth-order valence-corrected chi connectivity index (χ4v) is 4.81. The van der Waals surface area contributed by atoms with Gasteiger partial charge in [-0.2, -0.15) is 0 Å². The Morgan fingerprint density at radius 3 is 2.10 bits per heavy atom. The molecular weight excluding hydrogens is 502 g/mol. The maximum atomic E-state index is 12.6. The predicted molar refractivity (Wildman–Crippen MR) is 160 cm³/mol. The van der Waals surface area contributed by atoms with Crippen LogP contribution in [-0.2, 0) is 9.59 Å². The van der Waals surface area contributed by atoms with Gasteiger partial charge in [0.15, 0.2) is 0 Å². The SMILES string of the molecule is CCN1CCN(c2cc(C)c3cc(NC(=O)CCC(=O)Nc4ccc(Oc5ccccc5)cc4)ccc3n2)CC1. The molecule has 0 unspecified atom stereocenters. The molecule has 0 aliphatic carbocycles. The minimum absolute atomic E-state index is 0.0803. The van der Waals surface area contributed by atoms with E-state index < -0.39 is 0 Å². The van der Waals surface area contributed by atoms with Crippen LogP contribution in [0.25, 0.3) is 10.9 Å². The van der Waals surface area contributed by atoms with Crippen LogP contribution in [0.3, 0.4) is 0 Å². The molecule has 2 heterocycles. The predicted octanol–water partition coefficient (Wildman–Crippen LogP) is 5.83. The number of nitrogens with one attached hydrogen (secondary N) is 2. The zero-order valence-corrected chi connectivity index (χ0v) is 23.0. The lowest BCUT2D eigenvalue weighted by Gasteiger charge is -2.35. The summed E-state index contributed by atoms with van der Waals surface area (Å²) in [6, 6.07) is 24.5. The molecule has 2 N–H and O–H groups in total. The second-order valence-electron chi connectivity index (χ2n) is 9.99. The molecule has 0 radical (unpaired) electrons. The monoisotopic (exact) mass is 537 g/mol. The lowest BCUT2D eigenvalue weighted by molar-refractivity contribution is -0.121. The minimum atomic E-state index is -0.224. The lowest BCUT2D eigenvalue weighted by Crippen LogP contribution is -2.46. The molecule has 2 amide bonds. The highest BCUT2D eigenvalue weighted by atomic mass is 16.5. The van der Waals surface area contributed by atoms with E-state index in [9.17, 15) is 9.59 Å². The molecule has 8 nitrogen and oxygen atoms in total. The van der Waals surface area contributed by atoms with Crippen molar-refractivity contribution in [2.24, 2.45) is 0 Å². The molecule has 1 fully saturated rings. The van der Waals surface area contributed by atoms with Gasteiger partial charge in [-0.25, -0.2) is 4.98 Å². The molecule has 4 aromatic rings. The number of fused-ring (bicyclic) bond motifs is 1. The van der Waals surface area contributed by atoms with Crippen LogP contribution in [0.2, 0.25) is 0 Å². The summed E-state index contributed by atoms with van der Waals surface area (Å²) in [7, 11) is 0. The Hall–Kier alpha value is -4.43. The number of pyridine rings is 1. The van der Waals surface area contributed by atoms with Crippen molar-refractivity contribution in [3.05, 3.63) is 84.4 Å². The molecule has 1 aliphatic rings. The number of ether oxygens (including phenoxy) is 1. The first-order valence-electron chi connectivity index (χ1n) is 13.8. The number of aromatic nitrogens is 1. The van der Waals surface area contributed by atoms with E-state index in [2.05, 4.69) is 40.3 Å². The topological polar surface area (TPSA) is 86.8 Å². The summed E-state index contributed by atoms with van der Waals surface area (Å²) in [4.78, 5) is 34.7. The van der Waals surface area contributed by atoms with Gasteiger partial charge >= 0.3 is 0 Å². The molecule has 8 heteroatoms. The highest BCUT2D eigenvalue weighted by Crippen LogP contribution is 2.26. The smallest absolute Gasteiger partial charge is 0.224 e. The number of benzene rings is 3. The Morgan fingerprint density at radius 2 is 1.43 bits per heavy atom. The lowest BCUT2D eigenvalue weighted by atomic mass is 10.1. The van der Waals surface area contributed by atoms with Gasteiger partial charge in [0.25, 0.3) is 0 Å². The van der Waals surface area contributed by atoms with Crippen LogP contribution in [0.4, 0.5) is 17.2 Å². The Morgan fingerprint density at radius 1 is 0.800 bits per heavy atom. The highest BCUT2D eigenvalue weighted by Gasteiger charge is 2.18. The van der Waals surface area contributed by atoms with E-state index in [-0.39, 0.29) is 24.7 Å². The van der Waals surface area contributed by atoms with Crippen molar-refractivity contribution in [1.82, 2.24) is 9.88 Å². The highest BCUT2D eigenvalue weighted by molar-refractivity contribution is 5.98. The fraction of sp³-hybridized carbons (Fsp3) is 0.281. The number of amides is 2. The van der Waals surface area contributed by atoms with Gasteiger partial charge in [-0.05, 0) is 79.7 Å². The van der Waals surface area contributed by atoms with Crippen LogP contribution in [0.15, 0.2) is 78.9 Å². The Bertz CT molecular complexity index is 1470. The van der Waals surface area contributed by atoms with Crippen molar-refractivity contribution >= 4 is 39.9 Å². The number of hydrogen-bond donors (Lipinski definition) is 2. The number of anilines is 3. The first-order valence-corrected chi connectivity index (χ1v) is 13.8. The van der Waals surface area contributed by atoms with Gasteiger partial charge in [0, 0.05) is 55.8 Å². The molecule has 1 saturated heterocycles. The summed E-state index contributed by atoms with van der Waals surface area (Å²) in [5.74, 6) is 1.99. The van der Waals surface area contributed by atoms with E-state index in [1.807, 2.05) is 48.5 Å². The summed E-state index contributed by atoms with van der Waals surface area (Å²) in [6.45, 7) is 9.40.